The number of aromatic nitrogens is 2. The van der Waals surface area contributed by atoms with Crippen LogP contribution in [0.2, 0.25) is 0 Å². The summed E-state index contributed by atoms with van der Waals surface area (Å²) in [5.74, 6) is -0.499. The molecule has 3 rings (SSSR count). The van der Waals surface area contributed by atoms with E-state index in [0.717, 1.165) is 23.6 Å². The summed E-state index contributed by atoms with van der Waals surface area (Å²) in [7, 11) is 1.51. The number of carbonyl (C=O) groups excluding carboxylic acids is 1. The van der Waals surface area contributed by atoms with Gasteiger partial charge in [0.2, 0.25) is 0 Å². The highest BCUT2D eigenvalue weighted by molar-refractivity contribution is 5.88. The van der Waals surface area contributed by atoms with Crippen molar-refractivity contribution in [2.24, 2.45) is 13.0 Å². The van der Waals surface area contributed by atoms with Crippen molar-refractivity contribution in [2.75, 3.05) is 18.4 Å². The predicted molar refractivity (Wildman–Crippen MR) is 97.6 cm³/mol. The average Bonchev–Trinajstić information content (AvgIpc) is 2.63. The largest absolute Gasteiger partial charge is 0.324 e. The number of benzene rings is 1. The van der Waals surface area contributed by atoms with Gasteiger partial charge in [-0.2, -0.15) is 5.10 Å². The SMILES string of the molecule is Cc1c(F)cc(F)cc1CC1CCN(C(=O)Nc2ccc(=O)n(C)n2)CC1. The minimum absolute atomic E-state index is 0.252. The van der Waals surface area contributed by atoms with E-state index in [1.54, 1.807) is 11.8 Å². The third-order valence-electron chi connectivity index (χ3n) is 5.02. The molecule has 2 heterocycles. The molecule has 1 fully saturated rings. The molecule has 0 unspecified atom stereocenters. The molecule has 1 aliphatic rings. The maximum Gasteiger partial charge on any atom is 0.323 e. The molecule has 1 aliphatic heterocycles. The molecular formula is C19H22F2N4O2. The van der Waals surface area contributed by atoms with Crippen molar-refractivity contribution >= 4 is 11.8 Å². The van der Waals surface area contributed by atoms with Gasteiger partial charge in [0.25, 0.3) is 5.56 Å². The topological polar surface area (TPSA) is 67.2 Å². The number of nitrogens with one attached hydrogen (secondary N) is 1. The van der Waals surface area contributed by atoms with E-state index in [-0.39, 0.29) is 17.5 Å². The number of anilines is 1. The molecule has 6 nitrogen and oxygen atoms in total. The van der Waals surface area contributed by atoms with Crippen molar-refractivity contribution in [1.29, 1.82) is 0 Å². The zero-order chi connectivity index (χ0) is 19.6. The summed E-state index contributed by atoms with van der Waals surface area (Å²) >= 11 is 0. The van der Waals surface area contributed by atoms with Crippen LogP contribution in [0.25, 0.3) is 0 Å². The van der Waals surface area contributed by atoms with Crippen LogP contribution < -0.4 is 10.9 Å². The first-order chi connectivity index (χ1) is 12.8. The highest BCUT2D eigenvalue weighted by atomic mass is 19.1. The Morgan fingerprint density at radius 1 is 1.26 bits per heavy atom. The number of amides is 2. The predicted octanol–water partition coefficient (Wildman–Crippen LogP) is 2.85. The van der Waals surface area contributed by atoms with Crippen molar-refractivity contribution in [2.45, 2.75) is 26.2 Å². The Hall–Kier alpha value is -2.77. The molecule has 0 radical (unpaired) electrons. The Labute approximate surface area is 155 Å². The van der Waals surface area contributed by atoms with Crippen LogP contribution in [-0.2, 0) is 13.5 Å². The van der Waals surface area contributed by atoms with Crippen LogP contribution in [0.3, 0.4) is 0 Å². The first-order valence-electron chi connectivity index (χ1n) is 8.88. The molecule has 27 heavy (non-hydrogen) atoms. The van der Waals surface area contributed by atoms with Gasteiger partial charge in [-0.25, -0.2) is 18.3 Å². The fourth-order valence-corrected chi connectivity index (χ4v) is 3.32. The summed E-state index contributed by atoms with van der Waals surface area (Å²) in [6, 6.07) is 4.83. The van der Waals surface area contributed by atoms with Gasteiger partial charge in [-0.1, -0.05) is 0 Å². The third kappa shape index (κ3) is 4.50. The van der Waals surface area contributed by atoms with E-state index in [9.17, 15) is 18.4 Å². The van der Waals surface area contributed by atoms with Crippen LogP contribution in [0.5, 0.6) is 0 Å². The Bertz CT molecular complexity index is 905. The molecule has 0 spiro atoms. The van der Waals surface area contributed by atoms with E-state index in [1.165, 1.54) is 25.2 Å². The second-order valence-corrected chi connectivity index (χ2v) is 6.92. The molecule has 8 heteroatoms. The molecular weight excluding hydrogens is 354 g/mol. The van der Waals surface area contributed by atoms with E-state index in [0.29, 0.717) is 36.5 Å². The van der Waals surface area contributed by atoms with Crippen LogP contribution in [0.1, 0.15) is 24.0 Å². The number of rotatable bonds is 3. The molecule has 144 valence electrons. The molecule has 2 aromatic rings. The van der Waals surface area contributed by atoms with Crippen LogP contribution in [0.15, 0.2) is 29.1 Å². The summed E-state index contributed by atoms with van der Waals surface area (Å²) in [5, 5.41) is 6.66. The Kier molecular flexibility index (Phi) is 5.53. The van der Waals surface area contributed by atoms with Gasteiger partial charge in [-0.05, 0) is 55.4 Å². The molecule has 0 atom stereocenters. The molecule has 1 N–H and O–H groups in total. The van der Waals surface area contributed by atoms with Gasteiger partial charge in [-0.15, -0.1) is 0 Å². The van der Waals surface area contributed by atoms with Gasteiger partial charge in [0, 0.05) is 32.3 Å². The molecule has 1 aromatic carbocycles. The number of halogens is 2. The van der Waals surface area contributed by atoms with Crippen LogP contribution in [0, 0.1) is 24.5 Å². The molecule has 0 saturated carbocycles. The Balaban J connectivity index is 1.56. The van der Waals surface area contributed by atoms with Crippen LogP contribution in [0.4, 0.5) is 19.4 Å². The number of piperidine rings is 1. The van der Waals surface area contributed by atoms with Gasteiger partial charge in [0.05, 0.1) is 0 Å². The first-order valence-corrected chi connectivity index (χ1v) is 8.88. The highest BCUT2D eigenvalue weighted by Crippen LogP contribution is 2.25. The number of hydrogen-bond acceptors (Lipinski definition) is 3. The first kappa shape index (κ1) is 19.0. The minimum atomic E-state index is -0.560. The maximum absolute atomic E-state index is 13.7. The zero-order valence-corrected chi connectivity index (χ0v) is 15.3. The molecule has 0 aliphatic carbocycles. The van der Waals surface area contributed by atoms with E-state index in [4.69, 9.17) is 0 Å². The van der Waals surface area contributed by atoms with E-state index in [2.05, 4.69) is 10.4 Å². The average molecular weight is 376 g/mol. The van der Waals surface area contributed by atoms with Crippen LogP contribution >= 0.6 is 0 Å². The van der Waals surface area contributed by atoms with Crippen molar-refractivity contribution in [3.05, 3.63) is 57.4 Å². The highest BCUT2D eigenvalue weighted by Gasteiger charge is 2.24. The summed E-state index contributed by atoms with van der Waals surface area (Å²) in [6.45, 7) is 2.77. The monoisotopic (exact) mass is 376 g/mol. The van der Waals surface area contributed by atoms with Gasteiger partial charge >= 0.3 is 6.03 Å². The number of nitrogens with zero attached hydrogens (tertiary/aromatic N) is 3. The summed E-state index contributed by atoms with van der Waals surface area (Å²) in [6.07, 6.45) is 2.11. The lowest BCUT2D eigenvalue weighted by Crippen LogP contribution is -2.41. The number of likely N-dealkylation sites (tertiary alicyclic amines) is 1. The van der Waals surface area contributed by atoms with Gasteiger partial charge < -0.3 is 4.90 Å². The quantitative estimate of drug-likeness (QED) is 0.896. The number of urea groups is 1. The molecule has 1 saturated heterocycles. The van der Waals surface area contributed by atoms with E-state index in [1.807, 2.05) is 0 Å². The fourth-order valence-electron chi connectivity index (χ4n) is 3.32. The normalized spacial score (nSPS) is 15.0. The third-order valence-corrected chi connectivity index (χ3v) is 5.02. The van der Waals surface area contributed by atoms with Crippen molar-refractivity contribution in [1.82, 2.24) is 14.7 Å². The van der Waals surface area contributed by atoms with Crippen molar-refractivity contribution < 1.29 is 13.6 Å². The van der Waals surface area contributed by atoms with Crippen LogP contribution in [-0.4, -0.2) is 33.8 Å². The van der Waals surface area contributed by atoms with Gasteiger partial charge in [-0.3, -0.25) is 10.1 Å². The summed E-state index contributed by atoms with van der Waals surface area (Å²) in [4.78, 5) is 25.4. The Morgan fingerprint density at radius 3 is 2.63 bits per heavy atom. The minimum Gasteiger partial charge on any atom is -0.324 e. The summed E-state index contributed by atoms with van der Waals surface area (Å²) < 4.78 is 28.3. The molecule has 0 bridgehead atoms. The lowest BCUT2D eigenvalue weighted by atomic mass is 9.88. The zero-order valence-electron chi connectivity index (χ0n) is 15.3. The van der Waals surface area contributed by atoms with E-state index >= 15 is 0 Å². The standard InChI is InChI=1S/C19H22F2N4O2/c1-12-14(10-15(20)11-16(12)21)9-13-5-7-25(8-6-13)19(27)22-17-3-4-18(26)24(2)23-17/h3-4,10-11,13H,5-9H2,1-2H3,(H,22,23,27). The van der Waals surface area contributed by atoms with Crippen molar-refractivity contribution in [3.63, 3.8) is 0 Å². The molecule has 2 amide bonds. The van der Waals surface area contributed by atoms with Gasteiger partial charge in [0.1, 0.15) is 11.6 Å². The second-order valence-electron chi connectivity index (χ2n) is 6.92. The second kappa shape index (κ2) is 7.85. The van der Waals surface area contributed by atoms with Crippen molar-refractivity contribution in [3.8, 4) is 0 Å². The lowest BCUT2D eigenvalue weighted by molar-refractivity contribution is 0.182. The van der Waals surface area contributed by atoms with E-state index < -0.39 is 11.6 Å². The maximum atomic E-state index is 13.7. The lowest BCUT2D eigenvalue weighted by Gasteiger charge is -2.32. The smallest absolute Gasteiger partial charge is 0.323 e. The van der Waals surface area contributed by atoms with Gasteiger partial charge in [0.15, 0.2) is 5.82 Å². The number of hydrogen-bond donors (Lipinski definition) is 1. The number of carbonyl (C=O) groups is 1. The fraction of sp³-hybridized carbons (Fsp3) is 0.421. The Morgan fingerprint density at radius 2 is 1.96 bits per heavy atom. The number of aryl methyl sites for hydroxylation is 1. The summed E-state index contributed by atoms with van der Waals surface area (Å²) in [5.41, 5.74) is 0.917. The molecule has 1 aromatic heterocycles.